The number of rotatable bonds is 5. The Hall–Kier alpha value is -1.91. The average molecular weight is 450 g/mol. The van der Waals surface area contributed by atoms with E-state index in [0.717, 1.165) is 38.5 Å². The summed E-state index contributed by atoms with van der Waals surface area (Å²) in [7, 11) is 4.14. The van der Waals surface area contributed by atoms with Gasteiger partial charge in [-0.1, -0.05) is 24.6 Å². The number of hydrogen-bond donors (Lipinski definition) is 2. The Labute approximate surface area is 198 Å². The van der Waals surface area contributed by atoms with Crippen LogP contribution in [0, 0.1) is 17.3 Å². The monoisotopic (exact) mass is 449 g/mol. The van der Waals surface area contributed by atoms with Crippen LogP contribution in [-0.2, 0) is 4.79 Å². The van der Waals surface area contributed by atoms with E-state index in [9.17, 15) is 15.0 Å². The van der Waals surface area contributed by atoms with Crippen molar-refractivity contribution in [3.63, 3.8) is 0 Å². The van der Waals surface area contributed by atoms with Gasteiger partial charge in [-0.15, -0.1) is 0 Å². The molecule has 0 bridgehead atoms. The first-order valence-corrected chi connectivity index (χ1v) is 12.8. The molecule has 4 aliphatic rings. The molecule has 178 valence electrons. The third-order valence-corrected chi connectivity index (χ3v) is 9.62. The summed E-state index contributed by atoms with van der Waals surface area (Å²) in [6.07, 6.45) is 9.68. The van der Waals surface area contributed by atoms with Gasteiger partial charge < -0.3 is 15.1 Å². The van der Waals surface area contributed by atoms with Crippen LogP contribution in [0.2, 0.25) is 0 Å². The molecule has 0 aromatic heterocycles. The van der Waals surface area contributed by atoms with Crippen LogP contribution < -0.4 is 4.90 Å². The fraction of sp³-hybridized carbons (Fsp3) is 0.621. The number of allylic oxidation sites excluding steroid dienone is 4. The molecule has 33 heavy (non-hydrogen) atoms. The second-order valence-electron chi connectivity index (χ2n) is 11.4. The number of carbonyl (C=O) groups excluding carboxylic acids is 1. The van der Waals surface area contributed by atoms with Gasteiger partial charge in [0.1, 0.15) is 0 Å². The van der Waals surface area contributed by atoms with Gasteiger partial charge >= 0.3 is 0 Å². The van der Waals surface area contributed by atoms with Gasteiger partial charge in [-0.3, -0.25) is 4.79 Å². The molecule has 2 saturated carbocycles. The number of hydrogen-bond acceptors (Lipinski definition) is 4. The minimum absolute atomic E-state index is 0.138. The molecule has 0 unspecified atom stereocenters. The Bertz CT molecular complexity index is 991. The fourth-order valence-electron chi connectivity index (χ4n) is 7.84. The minimum Gasteiger partial charge on any atom is -0.396 e. The maximum atomic E-state index is 12.2. The lowest BCUT2D eigenvalue weighted by Gasteiger charge is -2.55. The first-order chi connectivity index (χ1) is 15.8. The molecule has 0 saturated heterocycles. The first kappa shape index (κ1) is 22.9. The van der Waals surface area contributed by atoms with E-state index < -0.39 is 5.60 Å². The molecule has 2 N–H and O–H groups in total. The van der Waals surface area contributed by atoms with Crippen molar-refractivity contribution in [1.82, 2.24) is 0 Å². The Kier molecular flexibility index (Phi) is 5.81. The molecule has 0 heterocycles. The lowest BCUT2D eigenvalue weighted by molar-refractivity contribution is -0.114. The van der Waals surface area contributed by atoms with E-state index >= 15 is 0 Å². The zero-order valence-corrected chi connectivity index (χ0v) is 20.4. The van der Waals surface area contributed by atoms with E-state index in [4.69, 9.17) is 0 Å². The summed E-state index contributed by atoms with van der Waals surface area (Å²) in [5.41, 5.74) is 5.98. The van der Waals surface area contributed by atoms with Crippen molar-refractivity contribution in [3.05, 3.63) is 52.6 Å². The van der Waals surface area contributed by atoms with Gasteiger partial charge in [-0.2, -0.15) is 0 Å². The Balaban J connectivity index is 1.62. The predicted octanol–water partition coefficient (Wildman–Crippen LogP) is 5.16. The van der Waals surface area contributed by atoms with Crippen LogP contribution in [0.3, 0.4) is 0 Å². The molecule has 1 aromatic rings. The van der Waals surface area contributed by atoms with Gasteiger partial charge in [-0.05, 0) is 98.1 Å². The van der Waals surface area contributed by atoms with Crippen molar-refractivity contribution < 1.29 is 15.0 Å². The highest BCUT2D eigenvalue weighted by Gasteiger charge is 2.62. The molecule has 5 atom stereocenters. The summed E-state index contributed by atoms with van der Waals surface area (Å²) >= 11 is 0. The normalized spacial score (nSPS) is 35.6. The third kappa shape index (κ3) is 3.61. The maximum absolute atomic E-state index is 12.2. The number of nitrogens with zero attached hydrogens (tertiary/aromatic N) is 1. The van der Waals surface area contributed by atoms with Gasteiger partial charge in [0.25, 0.3) is 0 Å². The molecule has 4 aliphatic carbocycles. The molecular formula is C29H39NO3. The van der Waals surface area contributed by atoms with Crippen molar-refractivity contribution in [2.45, 2.75) is 76.2 Å². The summed E-state index contributed by atoms with van der Waals surface area (Å²) in [5.74, 6) is 1.50. The van der Waals surface area contributed by atoms with Crippen LogP contribution in [0.1, 0.15) is 76.2 Å². The maximum Gasteiger partial charge on any atom is 0.156 e. The van der Waals surface area contributed by atoms with Crippen molar-refractivity contribution in [1.29, 1.82) is 0 Å². The van der Waals surface area contributed by atoms with Crippen LogP contribution in [0.5, 0.6) is 0 Å². The standard InChI is InChI=1S/C29H39NO3/c1-28-18-25(19-5-8-21(9-6-19)30(2)3)27-23-12-10-22(32)17-20(23)7-11-24(27)26(28)13-15-29(28,33)14-4-16-31/h5-6,8-9,17,24-26,31,33H,4,7,10-16,18H2,1-3H3/t24-,25+,26+,28-,29+/m0/s1. The predicted molar refractivity (Wildman–Crippen MR) is 132 cm³/mol. The molecule has 0 spiro atoms. The molecule has 1 aromatic carbocycles. The zero-order chi connectivity index (χ0) is 23.4. The van der Waals surface area contributed by atoms with Crippen LogP contribution in [0.4, 0.5) is 5.69 Å². The summed E-state index contributed by atoms with van der Waals surface area (Å²) in [6, 6.07) is 8.98. The van der Waals surface area contributed by atoms with Gasteiger partial charge in [0.2, 0.25) is 0 Å². The quantitative estimate of drug-likeness (QED) is 0.652. The van der Waals surface area contributed by atoms with Crippen LogP contribution in [-0.4, -0.2) is 42.3 Å². The summed E-state index contributed by atoms with van der Waals surface area (Å²) in [5, 5.41) is 21.4. The number of benzene rings is 1. The van der Waals surface area contributed by atoms with E-state index in [2.05, 4.69) is 50.2 Å². The van der Waals surface area contributed by atoms with Crippen LogP contribution in [0.15, 0.2) is 47.1 Å². The Morgan fingerprint density at radius 1 is 1.09 bits per heavy atom. The van der Waals surface area contributed by atoms with Gasteiger partial charge in [-0.25, -0.2) is 0 Å². The Morgan fingerprint density at radius 3 is 2.55 bits per heavy atom. The lowest BCUT2D eigenvalue weighted by atomic mass is 9.51. The smallest absolute Gasteiger partial charge is 0.156 e. The van der Waals surface area contributed by atoms with E-state index in [1.54, 1.807) is 5.57 Å². The van der Waals surface area contributed by atoms with E-state index in [-0.39, 0.29) is 23.7 Å². The SMILES string of the molecule is CN(C)c1ccc([C@H]2C[C@@]3(C)[C@H](CC[C@]3(O)CCCO)[C@@H]3CCC4=CC(=O)CCC4=C32)cc1. The summed E-state index contributed by atoms with van der Waals surface area (Å²) < 4.78 is 0. The van der Waals surface area contributed by atoms with Gasteiger partial charge in [0.05, 0.1) is 5.60 Å². The highest BCUT2D eigenvalue weighted by Crippen LogP contribution is 2.67. The third-order valence-electron chi connectivity index (χ3n) is 9.62. The van der Waals surface area contributed by atoms with Gasteiger partial charge in [0, 0.05) is 44.1 Å². The largest absolute Gasteiger partial charge is 0.396 e. The van der Waals surface area contributed by atoms with Crippen LogP contribution >= 0.6 is 0 Å². The summed E-state index contributed by atoms with van der Waals surface area (Å²) in [4.78, 5) is 14.3. The molecule has 0 aliphatic heterocycles. The molecular weight excluding hydrogens is 410 g/mol. The number of anilines is 1. The number of aliphatic hydroxyl groups excluding tert-OH is 1. The average Bonchev–Trinajstić information content (AvgIpc) is 3.07. The van der Waals surface area contributed by atoms with E-state index in [1.807, 2.05) is 6.08 Å². The summed E-state index contributed by atoms with van der Waals surface area (Å²) in [6.45, 7) is 2.47. The molecule has 4 nitrogen and oxygen atoms in total. The molecule has 5 rings (SSSR count). The van der Waals surface area contributed by atoms with Crippen molar-refractivity contribution in [2.24, 2.45) is 17.3 Å². The fourth-order valence-corrected chi connectivity index (χ4v) is 7.84. The molecule has 4 heteroatoms. The number of fused-ring (bicyclic) bond motifs is 4. The number of ketones is 1. The number of carbonyl (C=O) groups is 1. The van der Waals surface area contributed by atoms with Crippen molar-refractivity contribution in [3.8, 4) is 0 Å². The first-order valence-electron chi connectivity index (χ1n) is 12.8. The second-order valence-corrected chi connectivity index (χ2v) is 11.4. The van der Waals surface area contributed by atoms with E-state index in [0.29, 0.717) is 31.1 Å². The molecule has 0 amide bonds. The molecule has 0 radical (unpaired) electrons. The highest BCUT2D eigenvalue weighted by molar-refractivity contribution is 5.93. The second kappa shape index (κ2) is 8.39. The zero-order valence-electron chi connectivity index (χ0n) is 20.4. The topological polar surface area (TPSA) is 60.8 Å². The van der Waals surface area contributed by atoms with Crippen molar-refractivity contribution in [2.75, 3.05) is 25.6 Å². The minimum atomic E-state index is -0.711. The van der Waals surface area contributed by atoms with Gasteiger partial charge in [0.15, 0.2) is 5.78 Å². The highest BCUT2D eigenvalue weighted by atomic mass is 16.3. The Morgan fingerprint density at radius 2 is 1.85 bits per heavy atom. The number of aliphatic hydroxyl groups is 2. The lowest BCUT2D eigenvalue weighted by Crippen LogP contribution is -2.51. The molecule has 2 fully saturated rings. The van der Waals surface area contributed by atoms with Crippen LogP contribution in [0.25, 0.3) is 0 Å². The van der Waals surface area contributed by atoms with Crippen molar-refractivity contribution >= 4 is 11.5 Å². The van der Waals surface area contributed by atoms with E-state index in [1.165, 1.54) is 22.4 Å².